The zero-order valence-electron chi connectivity index (χ0n) is 9.37. The minimum Gasteiger partial charge on any atom is -0.330 e. The van der Waals surface area contributed by atoms with Gasteiger partial charge in [0.25, 0.3) is 0 Å². The van der Waals surface area contributed by atoms with E-state index in [1.54, 1.807) is 0 Å². The predicted octanol–water partition coefficient (Wildman–Crippen LogP) is 2.76. The fourth-order valence-electron chi connectivity index (χ4n) is 1.25. The van der Waals surface area contributed by atoms with Crippen molar-refractivity contribution in [3.63, 3.8) is 0 Å². The van der Waals surface area contributed by atoms with Crippen LogP contribution in [0.1, 0.15) is 19.8 Å². The van der Waals surface area contributed by atoms with Gasteiger partial charge in [0.15, 0.2) is 0 Å². The summed E-state index contributed by atoms with van der Waals surface area (Å²) in [6.07, 6.45) is 1.35. The maximum Gasteiger partial charge on any atom is 0.224 e. The Balaban J connectivity index is 2.37. The quantitative estimate of drug-likeness (QED) is 0.874. The van der Waals surface area contributed by atoms with Crippen LogP contribution in [0, 0.1) is 5.92 Å². The lowest BCUT2D eigenvalue weighted by Gasteiger charge is -2.08. The molecule has 0 aliphatic heterocycles. The van der Waals surface area contributed by atoms with Gasteiger partial charge in [-0.05, 0) is 43.1 Å². The first-order valence-electron chi connectivity index (χ1n) is 5.37. The van der Waals surface area contributed by atoms with Gasteiger partial charge in [0, 0.05) is 16.6 Å². The van der Waals surface area contributed by atoms with Crippen molar-refractivity contribution >= 4 is 27.5 Å². The van der Waals surface area contributed by atoms with Gasteiger partial charge >= 0.3 is 0 Å². The molecule has 0 heterocycles. The summed E-state index contributed by atoms with van der Waals surface area (Å²) < 4.78 is 1.00. The average Bonchev–Trinajstić information content (AvgIpc) is 2.29. The molecule has 3 N–H and O–H groups in total. The highest BCUT2D eigenvalue weighted by Crippen LogP contribution is 2.14. The third kappa shape index (κ3) is 4.77. The van der Waals surface area contributed by atoms with Crippen molar-refractivity contribution in [1.29, 1.82) is 0 Å². The first-order valence-corrected chi connectivity index (χ1v) is 6.16. The minimum atomic E-state index is 0.0441. The number of nitrogens with one attached hydrogen (secondary N) is 1. The van der Waals surface area contributed by atoms with E-state index in [-0.39, 0.29) is 5.91 Å². The summed E-state index contributed by atoms with van der Waals surface area (Å²) in [7, 11) is 0. The Morgan fingerprint density at radius 3 is 2.62 bits per heavy atom. The third-order valence-electron chi connectivity index (χ3n) is 2.39. The lowest BCUT2D eigenvalue weighted by atomic mass is 10.1. The molecule has 0 saturated heterocycles. The van der Waals surface area contributed by atoms with Gasteiger partial charge in [-0.1, -0.05) is 22.9 Å². The Morgan fingerprint density at radius 2 is 2.06 bits per heavy atom. The van der Waals surface area contributed by atoms with Crippen LogP contribution in [0.2, 0.25) is 0 Å². The molecule has 1 unspecified atom stereocenters. The molecule has 3 nitrogen and oxygen atoms in total. The summed E-state index contributed by atoms with van der Waals surface area (Å²) in [4.78, 5) is 11.6. The van der Waals surface area contributed by atoms with Gasteiger partial charge in [-0.3, -0.25) is 4.79 Å². The number of hydrogen-bond donors (Lipinski definition) is 2. The highest BCUT2D eigenvalue weighted by molar-refractivity contribution is 9.10. The fraction of sp³-hybridized carbons (Fsp3) is 0.417. The number of rotatable bonds is 5. The molecule has 0 radical (unpaired) electrons. The minimum absolute atomic E-state index is 0.0441. The van der Waals surface area contributed by atoms with Crippen LogP contribution in [0.5, 0.6) is 0 Å². The smallest absolute Gasteiger partial charge is 0.224 e. The van der Waals surface area contributed by atoms with Crippen LogP contribution in [-0.2, 0) is 4.79 Å². The maximum absolute atomic E-state index is 11.6. The van der Waals surface area contributed by atoms with E-state index in [4.69, 9.17) is 5.73 Å². The normalized spacial score (nSPS) is 12.2. The zero-order valence-corrected chi connectivity index (χ0v) is 11.0. The SMILES string of the molecule is CC(CN)CCC(=O)Nc1ccc(Br)cc1. The molecule has 0 spiro atoms. The molecule has 88 valence electrons. The summed E-state index contributed by atoms with van der Waals surface area (Å²) >= 11 is 3.34. The Kier molecular flexibility index (Phi) is 5.49. The van der Waals surface area contributed by atoms with Gasteiger partial charge < -0.3 is 11.1 Å². The monoisotopic (exact) mass is 284 g/mol. The number of carbonyl (C=O) groups excluding carboxylic acids is 1. The molecule has 0 aliphatic rings. The van der Waals surface area contributed by atoms with Crippen molar-refractivity contribution in [1.82, 2.24) is 0 Å². The lowest BCUT2D eigenvalue weighted by Crippen LogP contribution is -2.16. The molecular weight excluding hydrogens is 268 g/mol. The summed E-state index contributed by atoms with van der Waals surface area (Å²) in [6, 6.07) is 7.54. The highest BCUT2D eigenvalue weighted by Gasteiger charge is 2.05. The molecule has 1 aromatic rings. The number of halogens is 1. The molecule has 0 bridgehead atoms. The summed E-state index contributed by atoms with van der Waals surface area (Å²) in [5, 5.41) is 2.85. The summed E-state index contributed by atoms with van der Waals surface area (Å²) in [6.45, 7) is 2.68. The Bertz CT molecular complexity index is 337. The topological polar surface area (TPSA) is 55.1 Å². The Labute approximate surface area is 105 Å². The van der Waals surface area contributed by atoms with Crippen molar-refractivity contribution in [2.45, 2.75) is 19.8 Å². The van der Waals surface area contributed by atoms with E-state index >= 15 is 0 Å². The molecule has 1 rings (SSSR count). The average molecular weight is 285 g/mol. The van der Waals surface area contributed by atoms with Gasteiger partial charge in [-0.15, -0.1) is 0 Å². The van der Waals surface area contributed by atoms with Crippen LogP contribution in [0.4, 0.5) is 5.69 Å². The second-order valence-corrected chi connectivity index (χ2v) is 4.85. The number of amides is 1. The number of carbonyl (C=O) groups is 1. The number of hydrogen-bond acceptors (Lipinski definition) is 2. The summed E-state index contributed by atoms with van der Waals surface area (Å²) in [5.41, 5.74) is 6.32. The molecule has 1 amide bonds. The van der Waals surface area contributed by atoms with E-state index in [0.29, 0.717) is 18.9 Å². The first-order chi connectivity index (χ1) is 7.61. The Morgan fingerprint density at radius 1 is 1.44 bits per heavy atom. The van der Waals surface area contributed by atoms with Crippen LogP contribution in [0.3, 0.4) is 0 Å². The lowest BCUT2D eigenvalue weighted by molar-refractivity contribution is -0.116. The number of benzene rings is 1. The fourth-order valence-corrected chi connectivity index (χ4v) is 1.52. The van der Waals surface area contributed by atoms with E-state index in [1.807, 2.05) is 31.2 Å². The van der Waals surface area contributed by atoms with Crippen LogP contribution >= 0.6 is 15.9 Å². The van der Waals surface area contributed by atoms with E-state index in [2.05, 4.69) is 21.2 Å². The van der Waals surface area contributed by atoms with Crippen molar-refractivity contribution < 1.29 is 4.79 Å². The van der Waals surface area contributed by atoms with Crippen LogP contribution in [-0.4, -0.2) is 12.5 Å². The standard InChI is InChI=1S/C12H17BrN2O/c1-9(8-14)2-7-12(16)15-11-5-3-10(13)4-6-11/h3-6,9H,2,7-8,14H2,1H3,(H,15,16). The van der Waals surface area contributed by atoms with Gasteiger partial charge in [0.2, 0.25) is 5.91 Å². The molecule has 1 atom stereocenters. The Hall–Kier alpha value is -0.870. The van der Waals surface area contributed by atoms with Gasteiger partial charge in [-0.25, -0.2) is 0 Å². The molecule has 1 aromatic carbocycles. The molecule has 0 saturated carbocycles. The van der Waals surface area contributed by atoms with Crippen molar-refractivity contribution in [2.24, 2.45) is 11.7 Å². The predicted molar refractivity (Wildman–Crippen MR) is 70.2 cm³/mol. The number of nitrogens with two attached hydrogens (primary N) is 1. The first kappa shape index (κ1) is 13.2. The molecular formula is C12H17BrN2O. The van der Waals surface area contributed by atoms with Crippen LogP contribution < -0.4 is 11.1 Å². The second-order valence-electron chi connectivity index (χ2n) is 3.93. The molecule has 16 heavy (non-hydrogen) atoms. The third-order valence-corrected chi connectivity index (χ3v) is 2.92. The molecule has 0 aliphatic carbocycles. The van der Waals surface area contributed by atoms with Gasteiger partial charge in [-0.2, -0.15) is 0 Å². The molecule has 0 fully saturated rings. The van der Waals surface area contributed by atoms with E-state index < -0.39 is 0 Å². The van der Waals surface area contributed by atoms with E-state index in [1.165, 1.54) is 0 Å². The van der Waals surface area contributed by atoms with Crippen molar-refractivity contribution in [2.75, 3.05) is 11.9 Å². The maximum atomic E-state index is 11.6. The zero-order chi connectivity index (χ0) is 12.0. The molecule has 4 heteroatoms. The van der Waals surface area contributed by atoms with Crippen molar-refractivity contribution in [3.05, 3.63) is 28.7 Å². The van der Waals surface area contributed by atoms with Gasteiger partial charge in [0.1, 0.15) is 0 Å². The number of anilines is 1. The van der Waals surface area contributed by atoms with Crippen LogP contribution in [0.15, 0.2) is 28.7 Å². The van der Waals surface area contributed by atoms with E-state index in [0.717, 1.165) is 16.6 Å². The second kappa shape index (κ2) is 6.66. The largest absolute Gasteiger partial charge is 0.330 e. The van der Waals surface area contributed by atoms with Gasteiger partial charge in [0.05, 0.1) is 0 Å². The van der Waals surface area contributed by atoms with E-state index in [9.17, 15) is 4.79 Å². The highest BCUT2D eigenvalue weighted by atomic mass is 79.9. The summed E-state index contributed by atoms with van der Waals surface area (Å²) in [5.74, 6) is 0.443. The van der Waals surface area contributed by atoms with Crippen molar-refractivity contribution in [3.8, 4) is 0 Å². The molecule has 0 aromatic heterocycles. The van der Waals surface area contributed by atoms with Crippen LogP contribution in [0.25, 0.3) is 0 Å².